The van der Waals surface area contributed by atoms with Crippen molar-refractivity contribution in [3.05, 3.63) is 63.8 Å². The molecule has 25 heavy (non-hydrogen) atoms. The number of thioether (sulfide) groups is 1. The number of rotatable bonds is 4. The Kier molecular flexibility index (Phi) is 3.89. The third kappa shape index (κ3) is 3.20. The maximum atomic E-state index is 12.0. The number of hydrogen-bond donors (Lipinski definition) is 0. The lowest BCUT2D eigenvalue weighted by molar-refractivity contribution is 0.344. The normalized spacial score (nSPS) is 11.3. The van der Waals surface area contributed by atoms with Gasteiger partial charge in [-0.1, -0.05) is 29.5 Å². The first-order valence-corrected chi connectivity index (χ1v) is 8.60. The summed E-state index contributed by atoms with van der Waals surface area (Å²) >= 11 is 1.33. The molecule has 0 fully saturated rings. The highest BCUT2D eigenvalue weighted by atomic mass is 32.2. The van der Waals surface area contributed by atoms with Crippen molar-refractivity contribution in [2.75, 3.05) is 0 Å². The van der Waals surface area contributed by atoms with Crippen LogP contribution in [0.4, 0.5) is 0 Å². The number of benzene rings is 1. The Morgan fingerprint density at radius 2 is 1.92 bits per heavy atom. The average molecular weight is 354 g/mol. The highest BCUT2D eigenvalue weighted by Crippen LogP contribution is 2.25. The molecule has 0 aliphatic rings. The van der Waals surface area contributed by atoms with Crippen molar-refractivity contribution in [1.82, 2.24) is 19.8 Å². The molecule has 7 nitrogen and oxygen atoms in total. The van der Waals surface area contributed by atoms with E-state index < -0.39 is 0 Å². The molecule has 4 rings (SSSR count). The van der Waals surface area contributed by atoms with E-state index in [0.29, 0.717) is 34.0 Å². The van der Waals surface area contributed by atoms with E-state index in [1.807, 2.05) is 31.2 Å². The van der Waals surface area contributed by atoms with Crippen LogP contribution in [0.5, 0.6) is 0 Å². The van der Waals surface area contributed by atoms with Gasteiger partial charge >= 0.3 is 0 Å². The van der Waals surface area contributed by atoms with Gasteiger partial charge in [0.25, 0.3) is 10.8 Å². The fourth-order valence-corrected chi connectivity index (χ4v) is 3.02. The van der Waals surface area contributed by atoms with Crippen LogP contribution in [-0.2, 0) is 5.75 Å². The standard InChI is InChI=1S/C17H14N4O3S/c1-10-3-5-12(6-4-10)16-19-20-17(23-16)25-9-13-8-15(22)21-14(18-13)7-11(2)24-21/h3-8H,9H2,1-2H3. The van der Waals surface area contributed by atoms with E-state index in [0.717, 1.165) is 5.56 Å². The van der Waals surface area contributed by atoms with Crippen molar-refractivity contribution < 1.29 is 8.94 Å². The van der Waals surface area contributed by atoms with Crippen molar-refractivity contribution >= 4 is 17.4 Å². The predicted octanol–water partition coefficient (Wildman–Crippen LogP) is 3.25. The third-order valence-corrected chi connectivity index (χ3v) is 4.42. The minimum Gasteiger partial charge on any atom is -0.411 e. The molecule has 0 aliphatic carbocycles. The zero-order valence-electron chi connectivity index (χ0n) is 13.6. The quantitative estimate of drug-likeness (QED) is 0.520. The minimum absolute atomic E-state index is 0.250. The zero-order chi connectivity index (χ0) is 17.4. The minimum atomic E-state index is -0.250. The first-order chi connectivity index (χ1) is 12.1. The molecule has 4 aromatic rings. The molecule has 0 bridgehead atoms. The molecule has 0 aliphatic heterocycles. The van der Waals surface area contributed by atoms with Crippen LogP contribution in [0, 0.1) is 13.8 Å². The molecular formula is C17H14N4O3S. The summed E-state index contributed by atoms with van der Waals surface area (Å²) in [6.07, 6.45) is 0. The van der Waals surface area contributed by atoms with Gasteiger partial charge in [-0.25, -0.2) is 4.98 Å². The van der Waals surface area contributed by atoms with Gasteiger partial charge in [-0.3, -0.25) is 4.79 Å². The molecule has 0 amide bonds. The van der Waals surface area contributed by atoms with Crippen molar-refractivity contribution in [1.29, 1.82) is 0 Å². The molecule has 0 unspecified atom stereocenters. The maximum absolute atomic E-state index is 12.0. The Morgan fingerprint density at radius 1 is 1.12 bits per heavy atom. The highest BCUT2D eigenvalue weighted by Gasteiger charge is 2.11. The Morgan fingerprint density at radius 3 is 2.72 bits per heavy atom. The second kappa shape index (κ2) is 6.21. The van der Waals surface area contributed by atoms with Crippen molar-refractivity contribution in [3.8, 4) is 11.5 Å². The van der Waals surface area contributed by atoms with Crippen LogP contribution >= 0.6 is 11.8 Å². The molecule has 0 spiro atoms. The molecule has 0 saturated carbocycles. The van der Waals surface area contributed by atoms with E-state index >= 15 is 0 Å². The summed E-state index contributed by atoms with van der Waals surface area (Å²) in [5, 5.41) is 8.53. The lowest BCUT2D eigenvalue weighted by atomic mass is 10.1. The number of hydrogen-bond acceptors (Lipinski definition) is 7. The van der Waals surface area contributed by atoms with Crippen LogP contribution in [-0.4, -0.2) is 19.8 Å². The number of nitrogens with zero attached hydrogens (tertiary/aromatic N) is 4. The summed E-state index contributed by atoms with van der Waals surface area (Å²) in [6, 6.07) is 11.0. The third-order valence-electron chi connectivity index (χ3n) is 3.57. The first-order valence-electron chi connectivity index (χ1n) is 7.61. The van der Waals surface area contributed by atoms with Crippen molar-refractivity contribution in [3.63, 3.8) is 0 Å². The predicted molar refractivity (Wildman–Crippen MR) is 92.5 cm³/mol. The van der Waals surface area contributed by atoms with Crippen LogP contribution in [0.1, 0.15) is 17.0 Å². The molecule has 1 aromatic carbocycles. The lowest BCUT2D eigenvalue weighted by Crippen LogP contribution is -2.12. The summed E-state index contributed by atoms with van der Waals surface area (Å²) in [5.41, 5.74) is 2.91. The smallest absolute Gasteiger partial charge is 0.287 e. The largest absolute Gasteiger partial charge is 0.411 e. The van der Waals surface area contributed by atoms with E-state index in [9.17, 15) is 4.79 Å². The fourth-order valence-electron chi connectivity index (χ4n) is 2.36. The van der Waals surface area contributed by atoms with Gasteiger partial charge in [0, 0.05) is 23.4 Å². The zero-order valence-corrected chi connectivity index (χ0v) is 14.4. The molecule has 0 N–H and O–H groups in total. The summed E-state index contributed by atoms with van der Waals surface area (Å²) in [6.45, 7) is 3.79. The van der Waals surface area contributed by atoms with Gasteiger partial charge in [0.1, 0.15) is 5.76 Å². The molecule has 126 valence electrons. The van der Waals surface area contributed by atoms with Crippen LogP contribution in [0.3, 0.4) is 0 Å². The fraction of sp³-hybridized carbons (Fsp3) is 0.176. The Hall–Kier alpha value is -2.87. The van der Waals surface area contributed by atoms with Gasteiger partial charge in [0.15, 0.2) is 5.65 Å². The molecule has 0 saturated heterocycles. The van der Waals surface area contributed by atoms with Gasteiger partial charge in [-0.05, 0) is 26.0 Å². The lowest BCUT2D eigenvalue weighted by Gasteiger charge is -1.98. The number of fused-ring (bicyclic) bond motifs is 1. The molecule has 3 aromatic heterocycles. The summed E-state index contributed by atoms with van der Waals surface area (Å²) < 4.78 is 12.1. The second-order valence-electron chi connectivity index (χ2n) is 5.61. The Bertz CT molecular complexity index is 1100. The number of aromatic nitrogens is 4. The highest BCUT2D eigenvalue weighted by molar-refractivity contribution is 7.98. The molecule has 0 atom stereocenters. The van der Waals surface area contributed by atoms with E-state index in [2.05, 4.69) is 15.2 Å². The van der Waals surface area contributed by atoms with Gasteiger partial charge in [-0.2, -0.15) is 0 Å². The van der Waals surface area contributed by atoms with Crippen LogP contribution in [0.25, 0.3) is 17.1 Å². The van der Waals surface area contributed by atoms with E-state index in [-0.39, 0.29) is 5.56 Å². The summed E-state index contributed by atoms with van der Waals surface area (Å²) in [4.78, 5) is 16.4. The topological polar surface area (TPSA) is 86.4 Å². The van der Waals surface area contributed by atoms with Crippen LogP contribution in [0.2, 0.25) is 0 Å². The number of aryl methyl sites for hydroxylation is 2. The molecule has 0 radical (unpaired) electrons. The Balaban J connectivity index is 1.52. The average Bonchev–Trinajstić information content (AvgIpc) is 3.20. The van der Waals surface area contributed by atoms with Gasteiger partial charge in [0.2, 0.25) is 5.89 Å². The van der Waals surface area contributed by atoms with Gasteiger partial charge < -0.3 is 8.94 Å². The van der Waals surface area contributed by atoms with Gasteiger partial charge in [-0.15, -0.1) is 14.8 Å². The molecular weight excluding hydrogens is 340 g/mol. The van der Waals surface area contributed by atoms with E-state index in [4.69, 9.17) is 8.94 Å². The Labute approximate surface area is 146 Å². The molecule has 3 heterocycles. The van der Waals surface area contributed by atoms with Crippen LogP contribution in [0.15, 0.2) is 55.4 Å². The summed E-state index contributed by atoms with van der Waals surface area (Å²) in [7, 11) is 0. The van der Waals surface area contributed by atoms with Crippen LogP contribution < -0.4 is 5.56 Å². The van der Waals surface area contributed by atoms with Gasteiger partial charge in [0.05, 0.1) is 5.69 Å². The first kappa shape index (κ1) is 15.6. The SMILES string of the molecule is Cc1ccc(-c2nnc(SCc3cc(=O)n4oc(C)cc4n3)o2)cc1. The summed E-state index contributed by atoms with van der Waals surface area (Å²) in [5.74, 6) is 1.55. The van der Waals surface area contributed by atoms with Crippen molar-refractivity contribution in [2.24, 2.45) is 0 Å². The van der Waals surface area contributed by atoms with Crippen molar-refractivity contribution in [2.45, 2.75) is 24.8 Å². The monoisotopic (exact) mass is 354 g/mol. The van der Waals surface area contributed by atoms with E-state index in [1.54, 1.807) is 13.0 Å². The second-order valence-corrected chi connectivity index (χ2v) is 6.54. The maximum Gasteiger partial charge on any atom is 0.287 e. The van der Waals surface area contributed by atoms with E-state index in [1.165, 1.54) is 28.0 Å². The molecule has 8 heteroatoms.